The molecule has 1 N–H and O–H groups in total. The van der Waals surface area contributed by atoms with E-state index in [0.29, 0.717) is 0 Å². The monoisotopic (exact) mass is 489 g/mol. The molecule has 3 rings (SSSR count). The normalized spacial score (nSPS) is 15.6. The summed E-state index contributed by atoms with van der Waals surface area (Å²) in [7, 11) is -3.83. The molecule has 0 atom stereocenters. The fraction of sp³-hybridized carbons (Fsp3) is 0.316. The Kier molecular flexibility index (Phi) is 7.15. The van der Waals surface area contributed by atoms with Crippen molar-refractivity contribution >= 4 is 50.5 Å². The first-order chi connectivity index (χ1) is 14.6. The van der Waals surface area contributed by atoms with Crippen LogP contribution in [0.1, 0.15) is 18.4 Å². The molecule has 0 spiro atoms. The first-order valence-electron chi connectivity index (χ1n) is 9.24. The molecule has 1 aliphatic heterocycles. The van der Waals surface area contributed by atoms with Gasteiger partial charge in [0.2, 0.25) is 15.9 Å². The summed E-state index contributed by atoms with van der Waals surface area (Å²) < 4.78 is 40.6. The summed E-state index contributed by atoms with van der Waals surface area (Å²) in [6, 6.07) is 7.67. The number of nitro benzene ring substituents is 1. The van der Waals surface area contributed by atoms with Gasteiger partial charge in [-0.3, -0.25) is 14.9 Å². The second-order valence-corrected chi connectivity index (χ2v) is 9.82. The van der Waals surface area contributed by atoms with Gasteiger partial charge in [0.25, 0.3) is 5.69 Å². The number of hydrogen-bond donors (Lipinski definition) is 1. The van der Waals surface area contributed by atoms with E-state index in [2.05, 4.69) is 5.32 Å². The van der Waals surface area contributed by atoms with Crippen LogP contribution in [0.15, 0.2) is 36.4 Å². The van der Waals surface area contributed by atoms with Crippen LogP contribution in [0, 0.1) is 21.8 Å². The molecule has 0 bridgehead atoms. The van der Waals surface area contributed by atoms with Crippen molar-refractivity contribution < 1.29 is 22.5 Å². The van der Waals surface area contributed by atoms with Crippen LogP contribution in [0.5, 0.6) is 0 Å². The predicted octanol–water partition coefficient (Wildman–Crippen LogP) is 4.22. The van der Waals surface area contributed by atoms with Crippen molar-refractivity contribution in [2.24, 2.45) is 5.92 Å². The lowest BCUT2D eigenvalue weighted by molar-refractivity contribution is -0.384. The van der Waals surface area contributed by atoms with Gasteiger partial charge in [-0.25, -0.2) is 17.1 Å². The molecule has 0 radical (unpaired) electrons. The quantitative estimate of drug-likeness (QED) is 0.482. The molecule has 2 aromatic rings. The third-order valence-electron chi connectivity index (χ3n) is 5.03. The molecule has 1 heterocycles. The van der Waals surface area contributed by atoms with Crippen molar-refractivity contribution in [1.82, 2.24) is 4.31 Å². The number of anilines is 1. The largest absolute Gasteiger partial charge is 0.324 e. The molecule has 1 aliphatic rings. The van der Waals surface area contributed by atoms with Crippen molar-refractivity contribution in [2.75, 3.05) is 18.4 Å². The van der Waals surface area contributed by atoms with E-state index in [-0.39, 0.29) is 52.9 Å². The molecule has 166 valence electrons. The van der Waals surface area contributed by atoms with Gasteiger partial charge in [-0.05, 0) is 31.0 Å². The molecule has 2 aromatic carbocycles. The number of nitro groups is 1. The van der Waals surface area contributed by atoms with Gasteiger partial charge in [0, 0.05) is 41.7 Å². The SMILES string of the molecule is O=C(Nc1cc([N+](=O)[O-])ccc1Cl)C1CCN(S(=O)(=O)Cc2c(F)cccc2Cl)CC1. The Balaban J connectivity index is 1.63. The Bertz CT molecular complexity index is 1100. The number of nitrogens with zero attached hydrogens (tertiary/aromatic N) is 2. The van der Waals surface area contributed by atoms with E-state index in [9.17, 15) is 27.7 Å². The fourth-order valence-corrected chi connectivity index (χ4v) is 5.38. The summed E-state index contributed by atoms with van der Waals surface area (Å²) in [6.45, 7) is 0.157. The molecular formula is C19H18Cl2FN3O5S. The first-order valence-corrected chi connectivity index (χ1v) is 11.6. The number of rotatable bonds is 6. The molecule has 1 saturated heterocycles. The minimum atomic E-state index is -3.83. The van der Waals surface area contributed by atoms with E-state index >= 15 is 0 Å². The van der Waals surface area contributed by atoms with Gasteiger partial charge >= 0.3 is 0 Å². The van der Waals surface area contributed by atoms with Crippen molar-refractivity contribution in [3.8, 4) is 0 Å². The van der Waals surface area contributed by atoms with Crippen molar-refractivity contribution in [3.63, 3.8) is 0 Å². The van der Waals surface area contributed by atoms with Crippen LogP contribution in [-0.4, -0.2) is 36.6 Å². The maximum atomic E-state index is 14.0. The van der Waals surface area contributed by atoms with Crippen LogP contribution >= 0.6 is 23.2 Å². The third kappa shape index (κ3) is 5.51. The van der Waals surface area contributed by atoms with Crippen LogP contribution in [0.2, 0.25) is 10.0 Å². The molecule has 0 aromatic heterocycles. The molecular weight excluding hydrogens is 472 g/mol. The number of amides is 1. The van der Waals surface area contributed by atoms with Crippen LogP contribution in [0.3, 0.4) is 0 Å². The Morgan fingerprint density at radius 1 is 1.19 bits per heavy atom. The molecule has 0 saturated carbocycles. The molecule has 31 heavy (non-hydrogen) atoms. The van der Waals surface area contributed by atoms with E-state index in [1.165, 1.54) is 28.6 Å². The van der Waals surface area contributed by atoms with E-state index < -0.39 is 38.3 Å². The molecule has 1 amide bonds. The lowest BCUT2D eigenvalue weighted by Crippen LogP contribution is -2.42. The second kappa shape index (κ2) is 9.47. The van der Waals surface area contributed by atoms with Gasteiger partial charge < -0.3 is 5.32 Å². The highest BCUT2D eigenvalue weighted by atomic mass is 35.5. The third-order valence-corrected chi connectivity index (χ3v) is 7.51. The van der Waals surface area contributed by atoms with Gasteiger partial charge in [0.05, 0.1) is 21.4 Å². The minimum absolute atomic E-state index is 0.0340. The van der Waals surface area contributed by atoms with Crippen LogP contribution in [-0.2, 0) is 20.6 Å². The molecule has 12 heteroatoms. The standard InChI is InChI=1S/C19H18Cl2FN3O5S/c20-15-2-1-3-17(22)14(15)11-31(29,30)24-8-6-12(7-9-24)19(26)23-18-10-13(25(27)28)4-5-16(18)21/h1-5,10,12H,6-9,11H2,(H,23,26). The predicted molar refractivity (Wildman–Crippen MR) is 115 cm³/mol. The summed E-state index contributed by atoms with van der Waals surface area (Å²) in [4.78, 5) is 22.9. The maximum absolute atomic E-state index is 14.0. The zero-order valence-electron chi connectivity index (χ0n) is 16.1. The van der Waals surface area contributed by atoms with Gasteiger partial charge in [-0.2, -0.15) is 0 Å². The van der Waals surface area contributed by atoms with E-state index in [1.54, 1.807) is 0 Å². The number of benzene rings is 2. The summed E-state index contributed by atoms with van der Waals surface area (Å²) in [5.74, 6) is -2.17. The second-order valence-electron chi connectivity index (χ2n) is 7.04. The zero-order chi connectivity index (χ0) is 22.8. The number of nitrogens with one attached hydrogen (secondary N) is 1. The number of sulfonamides is 1. The highest BCUT2D eigenvalue weighted by molar-refractivity contribution is 7.88. The topological polar surface area (TPSA) is 110 Å². The first kappa shape index (κ1) is 23.4. The summed E-state index contributed by atoms with van der Waals surface area (Å²) in [5.41, 5.74) is -0.193. The van der Waals surface area contributed by atoms with Gasteiger partial charge in [-0.15, -0.1) is 0 Å². The Morgan fingerprint density at radius 2 is 1.87 bits per heavy atom. The maximum Gasteiger partial charge on any atom is 0.271 e. The Labute approximate surface area is 188 Å². The fourth-order valence-electron chi connectivity index (χ4n) is 3.30. The summed E-state index contributed by atoms with van der Waals surface area (Å²) in [6.07, 6.45) is 0.477. The average molecular weight is 490 g/mol. The molecule has 0 aliphatic carbocycles. The van der Waals surface area contributed by atoms with Gasteiger partial charge in [0.15, 0.2) is 0 Å². The zero-order valence-corrected chi connectivity index (χ0v) is 18.4. The summed E-state index contributed by atoms with van der Waals surface area (Å²) >= 11 is 11.9. The number of carbonyl (C=O) groups is 1. The number of hydrogen-bond acceptors (Lipinski definition) is 5. The van der Waals surface area contributed by atoms with Crippen LogP contribution < -0.4 is 5.32 Å². The smallest absolute Gasteiger partial charge is 0.271 e. The van der Waals surface area contributed by atoms with Gasteiger partial charge in [0.1, 0.15) is 5.82 Å². The number of carbonyl (C=O) groups excluding carboxylic acids is 1. The number of piperidine rings is 1. The Hall–Kier alpha value is -2.27. The van der Waals surface area contributed by atoms with Crippen molar-refractivity contribution in [2.45, 2.75) is 18.6 Å². The molecule has 1 fully saturated rings. The lowest BCUT2D eigenvalue weighted by Gasteiger charge is -2.30. The van der Waals surface area contributed by atoms with Gasteiger partial charge in [-0.1, -0.05) is 29.3 Å². The number of non-ortho nitro benzene ring substituents is 1. The average Bonchev–Trinajstić information content (AvgIpc) is 2.72. The lowest BCUT2D eigenvalue weighted by atomic mass is 9.97. The Morgan fingerprint density at radius 3 is 2.48 bits per heavy atom. The highest BCUT2D eigenvalue weighted by Crippen LogP contribution is 2.29. The van der Waals surface area contributed by atoms with Crippen molar-refractivity contribution in [1.29, 1.82) is 0 Å². The van der Waals surface area contributed by atoms with Crippen LogP contribution in [0.4, 0.5) is 15.8 Å². The number of halogens is 3. The minimum Gasteiger partial charge on any atom is -0.324 e. The van der Waals surface area contributed by atoms with E-state index in [1.807, 2.05) is 0 Å². The molecule has 0 unspecified atom stereocenters. The summed E-state index contributed by atoms with van der Waals surface area (Å²) in [5, 5.41) is 13.7. The van der Waals surface area contributed by atoms with E-state index in [4.69, 9.17) is 23.2 Å². The molecule has 8 nitrogen and oxygen atoms in total. The highest BCUT2D eigenvalue weighted by Gasteiger charge is 2.32. The van der Waals surface area contributed by atoms with E-state index in [0.717, 1.165) is 12.1 Å². The van der Waals surface area contributed by atoms with Crippen molar-refractivity contribution in [3.05, 3.63) is 67.9 Å². The van der Waals surface area contributed by atoms with Crippen LogP contribution in [0.25, 0.3) is 0 Å².